The summed E-state index contributed by atoms with van der Waals surface area (Å²) in [5.41, 5.74) is 2.81. The second-order valence-corrected chi connectivity index (χ2v) is 8.23. The first-order valence-electron chi connectivity index (χ1n) is 9.63. The average molecular weight is 430 g/mol. The number of carboxylic acid groups (broad SMARTS) is 1. The summed E-state index contributed by atoms with van der Waals surface area (Å²) in [7, 11) is 0. The third-order valence-electron chi connectivity index (χ3n) is 4.70. The molecule has 0 aliphatic rings. The molecule has 0 aliphatic heterocycles. The van der Waals surface area contributed by atoms with Crippen LogP contribution in [0, 0.1) is 0 Å². The molecule has 0 saturated heterocycles. The van der Waals surface area contributed by atoms with Crippen molar-refractivity contribution in [1.29, 1.82) is 0 Å². The number of nitrogens with one attached hydrogen (secondary N) is 1. The molecule has 2 aromatic carbocycles. The van der Waals surface area contributed by atoms with Crippen LogP contribution in [0.1, 0.15) is 17.3 Å². The maximum absolute atomic E-state index is 12.5. The van der Waals surface area contributed by atoms with Crippen LogP contribution >= 0.6 is 11.8 Å². The summed E-state index contributed by atoms with van der Waals surface area (Å²) in [4.78, 5) is 33.0. The lowest BCUT2D eigenvalue weighted by Crippen LogP contribution is -2.22. The first kappa shape index (κ1) is 20.6. The zero-order valence-corrected chi connectivity index (χ0v) is 17.5. The van der Waals surface area contributed by atoms with Crippen LogP contribution < -0.4 is 5.32 Å². The minimum atomic E-state index is -0.997. The highest BCUT2D eigenvalue weighted by Crippen LogP contribution is 2.27. The van der Waals surface area contributed by atoms with E-state index in [1.807, 2.05) is 43.3 Å². The molecule has 0 radical (unpaired) electrons. The molecule has 31 heavy (non-hydrogen) atoms. The Morgan fingerprint density at radius 3 is 2.45 bits per heavy atom. The summed E-state index contributed by atoms with van der Waals surface area (Å²) in [6.07, 6.45) is 1.70. The Kier molecular flexibility index (Phi) is 5.95. The first-order chi connectivity index (χ1) is 15.0. The number of aromatic nitrogens is 2. The van der Waals surface area contributed by atoms with Crippen LogP contribution in [-0.4, -0.2) is 32.2 Å². The molecule has 7 heteroatoms. The van der Waals surface area contributed by atoms with Gasteiger partial charge in [0.1, 0.15) is 0 Å². The molecular weight excluding hydrogens is 410 g/mol. The van der Waals surface area contributed by atoms with Crippen molar-refractivity contribution in [3.05, 3.63) is 84.6 Å². The van der Waals surface area contributed by atoms with E-state index >= 15 is 0 Å². The molecule has 4 aromatic rings. The summed E-state index contributed by atoms with van der Waals surface area (Å²) in [6, 6.07) is 21.5. The number of aromatic carboxylic acids is 1. The number of carboxylic acids is 1. The van der Waals surface area contributed by atoms with E-state index in [4.69, 9.17) is 0 Å². The predicted molar refractivity (Wildman–Crippen MR) is 122 cm³/mol. The molecule has 0 saturated carbocycles. The third kappa shape index (κ3) is 4.73. The molecule has 1 amide bonds. The summed E-state index contributed by atoms with van der Waals surface area (Å²) in [6.45, 7) is 1.83. The highest BCUT2D eigenvalue weighted by Gasteiger charge is 2.16. The number of anilines is 1. The average Bonchev–Trinajstić information content (AvgIpc) is 2.79. The standard InChI is InChI=1S/C24H19N3O3S/c1-15(31-22-8-4-5-13-25-22)23(28)26-17-11-9-16(10-12-17)21-14-19(24(29)30)18-6-2-3-7-20(18)27-21/h2-15H,1H3,(H,26,28)(H,29,30). The summed E-state index contributed by atoms with van der Waals surface area (Å²) >= 11 is 1.39. The van der Waals surface area contributed by atoms with E-state index in [0.717, 1.165) is 10.6 Å². The second-order valence-electron chi connectivity index (χ2n) is 6.87. The molecule has 1 atom stereocenters. The maximum Gasteiger partial charge on any atom is 0.336 e. The lowest BCUT2D eigenvalue weighted by Gasteiger charge is -2.12. The Morgan fingerprint density at radius 2 is 1.74 bits per heavy atom. The van der Waals surface area contributed by atoms with Gasteiger partial charge in [-0.15, -0.1) is 0 Å². The highest BCUT2D eigenvalue weighted by molar-refractivity contribution is 8.00. The van der Waals surface area contributed by atoms with Crippen molar-refractivity contribution in [2.24, 2.45) is 0 Å². The Labute approximate surface area is 183 Å². The van der Waals surface area contributed by atoms with Gasteiger partial charge in [-0.1, -0.05) is 48.2 Å². The number of amides is 1. The number of hydrogen-bond donors (Lipinski definition) is 2. The van der Waals surface area contributed by atoms with Crippen LogP contribution in [-0.2, 0) is 4.79 Å². The van der Waals surface area contributed by atoms with Gasteiger partial charge in [0.15, 0.2) is 0 Å². The Hall–Kier alpha value is -3.71. The van der Waals surface area contributed by atoms with Gasteiger partial charge in [0.05, 0.1) is 27.0 Å². The molecule has 0 aliphatic carbocycles. The van der Waals surface area contributed by atoms with Crippen LogP contribution in [0.4, 0.5) is 5.69 Å². The molecule has 1 unspecified atom stereocenters. The molecule has 2 heterocycles. The van der Waals surface area contributed by atoms with E-state index in [9.17, 15) is 14.7 Å². The predicted octanol–water partition coefficient (Wildman–Crippen LogP) is 5.11. The smallest absolute Gasteiger partial charge is 0.336 e. The number of nitrogens with zero attached hydrogens (tertiary/aromatic N) is 2. The molecule has 4 rings (SSSR count). The van der Waals surface area contributed by atoms with Crippen LogP contribution in [0.2, 0.25) is 0 Å². The molecule has 0 spiro atoms. The maximum atomic E-state index is 12.5. The third-order valence-corrected chi connectivity index (χ3v) is 5.75. The zero-order chi connectivity index (χ0) is 21.8. The normalized spacial score (nSPS) is 11.8. The van der Waals surface area contributed by atoms with Gasteiger partial charge in [-0.05, 0) is 43.3 Å². The highest BCUT2D eigenvalue weighted by atomic mass is 32.2. The zero-order valence-electron chi connectivity index (χ0n) is 16.6. The SMILES string of the molecule is CC(Sc1ccccn1)C(=O)Nc1ccc(-c2cc(C(=O)O)c3ccccc3n2)cc1. The van der Waals surface area contributed by atoms with Crippen molar-refractivity contribution in [3.8, 4) is 11.3 Å². The van der Waals surface area contributed by atoms with Crippen LogP contribution in [0.25, 0.3) is 22.2 Å². The Morgan fingerprint density at radius 1 is 1.00 bits per heavy atom. The van der Waals surface area contributed by atoms with Crippen LogP contribution in [0.3, 0.4) is 0 Å². The number of rotatable bonds is 6. The minimum Gasteiger partial charge on any atom is -0.478 e. The summed E-state index contributed by atoms with van der Waals surface area (Å²) < 4.78 is 0. The van der Waals surface area contributed by atoms with Crippen LogP contribution in [0.5, 0.6) is 0 Å². The topological polar surface area (TPSA) is 92.2 Å². The number of fused-ring (bicyclic) bond motifs is 1. The van der Waals surface area contributed by atoms with E-state index in [1.165, 1.54) is 11.8 Å². The van der Waals surface area contributed by atoms with Crippen molar-refractivity contribution in [3.63, 3.8) is 0 Å². The second kappa shape index (κ2) is 8.97. The Balaban J connectivity index is 1.52. The first-order valence-corrected chi connectivity index (χ1v) is 10.5. The van der Waals surface area contributed by atoms with E-state index in [-0.39, 0.29) is 16.7 Å². The van der Waals surface area contributed by atoms with Gasteiger partial charge in [0, 0.05) is 22.8 Å². The van der Waals surface area contributed by atoms with Gasteiger partial charge >= 0.3 is 5.97 Å². The number of hydrogen-bond acceptors (Lipinski definition) is 5. The van der Waals surface area contributed by atoms with Crippen molar-refractivity contribution < 1.29 is 14.7 Å². The number of carbonyl (C=O) groups excluding carboxylic acids is 1. The molecule has 6 nitrogen and oxygen atoms in total. The lowest BCUT2D eigenvalue weighted by molar-refractivity contribution is -0.115. The van der Waals surface area contributed by atoms with Gasteiger partial charge < -0.3 is 10.4 Å². The van der Waals surface area contributed by atoms with E-state index in [0.29, 0.717) is 22.3 Å². The molecule has 2 N–H and O–H groups in total. The number of carbonyl (C=O) groups is 2. The van der Waals surface area contributed by atoms with E-state index in [2.05, 4.69) is 15.3 Å². The lowest BCUT2D eigenvalue weighted by atomic mass is 10.0. The number of pyridine rings is 2. The molecule has 0 fully saturated rings. The molecule has 0 bridgehead atoms. The van der Waals surface area contributed by atoms with Crippen molar-refractivity contribution >= 4 is 40.2 Å². The fourth-order valence-corrected chi connectivity index (χ4v) is 3.93. The molecular formula is C24H19N3O3S. The van der Waals surface area contributed by atoms with Crippen molar-refractivity contribution in [2.45, 2.75) is 17.2 Å². The van der Waals surface area contributed by atoms with E-state index < -0.39 is 5.97 Å². The Bertz CT molecular complexity index is 1240. The van der Waals surface area contributed by atoms with Crippen molar-refractivity contribution in [1.82, 2.24) is 9.97 Å². The fourth-order valence-electron chi connectivity index (χ4n) is 3.12. The quantitative estimate of drug-likeness (QED) is 0.414. The van der Waals surface area contributed by atoms with Gasteiger partial charge in [0.2, 0.25) is 5.91 Å². The number of para-hydroxylation sites is 1. The number of benzene rings is 2. The van der Waals surface area contributed by atoms with Gasteiger partial charge in [-0.2, -0.15) is 0 Å². The van der Waals surface area contributed by atoms with Gasteiger partial charge in [-0.25, -0.2) is 14.8 Å². The monoisotopic (exact) mass is 429 g/mol. The fraction of sp³-hybridized carbons (Fsp3) is 0.0833. The largest absolute Gasteiger partial charge is 0.478 e. The van der Waals surface area contributed by atoms with Gasteiger partial charge in [-0.3, -0.25) is 4.79 Å². The van der Waals surface area contributed by atoms with Crippen molar-refractivity contribution in [2.75, 3.05) is 5.32 Å². The van der Waals surface area contributed by atoms with Gasteiger partial charge in [0.25, 0.3) is 0 Å². The molecule has 2 aromatic heterocycles. The minimum absolute atomic E-state index is 0.125. The number of thioether (sulfide) groups is 1. The summed E-state index contributed by atoms with van der Waals surface area (Å²) in [5.74, 6) is -1.12. The van der Waals surface area contributed by atoms with E-state index in [1.54, 1.807) is 42.6 Å². The molecule has 154 valence electrons. The van der Waals surface area contributed by atoms with Crippen LogP contribution in [0.15, 0.2) is 84.0 Å². The summed E-state index contributed by atoms with van der Waals surface area (Å²) in [5, 5.41) is 13.5.